The fraction of sp³-hybridized carbons (Fsp3) is 0.0870. The topological polar surface area (TPSA) is 63.2 Å². The normalized spacial score (nSPS) is 10.7. The number of aromatic nitrogens is 1. The van der Waals surface area contributed by atoms with Crippen LogP contribution in [-0.2, 0) is 0 Å². The molecule has 144 valence electrons. The molecule has 1 heterocycles. The standard InChI is InChI=1S/C23H19N3O2S/c1-14-10-11-17-19(24-14)8-5-9-20(17)25-23(29)26-22(27)18-12-15-6-3-4-7-16(15)13-21(18)28-2/h3-13H,1-2H3,(H2,25,26,27,29). The molecule has 3 aromatic carbocycles. The third-order valence-corrected chi connectivity index (χ3v) is 4.86. The number of nitrogens with zero attached hydrogens (tertiary/aromatic N) is 1. The Morgan fingerprint density at radius 1 is 1.00 bits per heavy atom. The van der Waals surface area contributed by atoms with Gasteiger partial charge in [-0.3, -0.25) is 15.1 Å². The van der Waals surface area contributed by atoms with Gasteiger partial charge in [0, 0.05) is 16.8 Å². The molecule has 4 rings (SSSR count). The first kappa shape index (κ1) is 18.8. The molecular formula is C23H19N3O2S. The molecule has 0 radical (unpaired) electrons. The molecule has 0 aliphatic carbocycles. The summed E-state index contributed by atoms with van der Waals surface area (Å²) in [4.78, 5) is 17.4. The number of carbonyl (C=O) groups excluding carboxylic acids is 1. The predicted octanol–water partition coefficient (Wildman–Crippen LogP) is 4.83. The maximum absolute atomic E-state index is 12.8. The molecule has 0 bridgehead atoms. The van der Waals surface area contributed by atoms with Crippen LogP contribution in [0.25, 0.3) is 21.7 Å². The molecule has 0 atom stereocenters. The number of ether oxygens (including phenoxy) is 1. The number of methoxy groups -OCH3 is 1. The van der Waals surface area contributed by atoms with Crippen molar-refractivity contribution in [2.75, 3.05) is 12.4 Å². The lowest BCUT2D eigenvalue weighted by Gasteiger charge is -2.14. The second-order valence-electron chi connectivity index (χ2n) is 6.63. The maximum Gasteiger partial charge on any atom is 0.261 e. The van der Waals surface area contributed by atoms with E-state index >= 15 is 0 Å². The maximum atomic E-state index is 12.8. The van der Waals surface area contributed by atoms with E-state index in [0.29, 0.717) is 11.3 Å². The van der Waals surface area contributed by atoms with Gasteiger partial charge in [-0.25, -0.2) is 0 Å². The van der Waals surface area contributed by atoms with Crippen LogP contribution in [-0.4, -0.2) is 23.1 Å². The van der Waals surface area contributed by atoms with Crippen molar-refractivity contribution in [3.05, 3.63) is 78.0 Å². The van der Waals surface area contributed by atoms with E-state index in [-0.39, 0.29) is 11.0 Å². The number of thiocarbonyl (C=S) groups is 1. The van der Waals surface area contributed by atoms with Gasteiger partial charge in [-0.2, -0.15) is 0 Å². The summed E-state index contributed by atoms with van der Waals surface area (Å²) in [5.74, 6) is 0.160. The number of benzene rings is 3. The Kier molecular flexibility index (Phi) is 5.10. The van der Waals surface area contributed by atoms with Crippen molar-refractivity contribution >= 4 is 50.6 Å². The van der Waals surface area contributed by atoms with Gasteiger partial charge in [-0.05, 0) is 66.3 Å². The summed E-state index contributed by atoms with van der Waals surface area (Å²) >= 11 is 5.37. The highest BCUT2D eigenvalue weighted by atomic mass is 32.1. The molecule has 2 N–H and O–H groups in total. The lowest BCUT2D eigenvalue weighted by Crippen LogP contribution is -2.34. The van der Waals surface area contributed by atoms with Gasteiger partial charge < -0.3 is 10.1 Å². The Hall–Kier alpha value is -3.51. The number of fused-ring (bicyclic) bond motifs is 2. The van der Waals surface area contributed by atoms with E-state index in [1.807, 2.05) is 67.6 Å². The lowest BCUT2D eigenvalue weighted by molar-refractivity contribution is 0.0975. The van der Waals surface area contributed by atoms with Crippen LogP contribution in [0.4, 0.5) is 5.69 Å². The average Bonchev–Trinajstić information content (AvgIpc) is 2.72. The third kappa shape index (κ3) is 3.88. The lowest BCUT2D eigenvalue weighted by atomic mass is 10.1. The van der Waals surface area contributed by atoms with E-state index in [1.54, 1.807) is 13.2 Å². The fourth-order valence-electron chi connectivity index (χ4n) is 3.26. The van der Waals surface area contributed by atoms with Gasteiger partial charge in [0.05, 0.1) is 18.2 Å². The molecule has 1 aromatic heterocycles. The molecule has 0 unspecified atom stereocenters. The van der Waals surface area contributed by atoms with E-state index in [0.717, 1.165) is 33.1 Å². The van der Waals surface area contributed by atoms with E-state index in [9.17, 15) is 4.79 Å². The minimum Gasteiger partial charge on any atom is -0.496 e. The van der Waals surface area contributed by atoms with Gasteiger partial charge in [-0.15, -0.1) is 0 Å². The molecule has 29 heavy (non-hydrogen) atoms. The number of aryl methyl sites for hydroxylation is 1. The largest absolute Gasteiger partial charge is 0.496 e. The van der Waals surface area contributed by atoms with Crippen molar-refractivity contribution in [3.63, 3.8) is 0 Å². The molecule has 4 aromatic rings. The summed E-state index contributed by atoms with van der Waals surface area (Å²) < 4.78 is 5.41. The van der Waals surface area contributed by atoms with Crippen LogP contribution in [0.3, 0.4) is 0 Å². The first-order chi connectivity index (χ1) is 14.0. The summed E-state index contributed by atoms with van der Waals surface area (Å²) in [6, 6.07) is 21.1. The number of carbonyl (C=O) groups is 1. The monoisotopic (exact) mass is 401 g/mol. The molecular weight excluding hydrogens is 382 g/mol. The summed E-state index contributed by atoms with van der Waals surface area (Å²) in [5.41, 5.74) is 3.01. The van der Waals surface area contributed by atoms with Crippen molar-refractivity contribution in [1.82, 2.24) is 10.3 Å². The van der Waals surface area contributed by atoms with Crippen LogP contribution >= 0.6 is 12.2 Å². The van der Waals surface area contributed by atoms with Gasteiger partial charge in [0.2, 0.25) is 0 Å². The second-order valence-corrected chi connectivity index (χ2v) is 7.04. The number of hydrogen-bond donors (Lipinski definition) is 2. The Balaban J connectivity index is 1.58. The zero-order chi connectivity index (χ0) is 20.4. The first-order valence-corrected chi connectivity index (χ1v) is 9.51. The Morgan fingerprint density at radius 3 is 2.52 bits per heavy atom. The number of anilines is 1. The van der Waals surface area contributed by atoms with Crippen LogP contribution in [0.5, 0.6) is 5.75 Å². The van der Waals surface area contributed by atoms with Crippen LogP contribution in [0.2, 0.25) is 0 Å². The first-order valence-electron chi connectivity index (χ1n) is 9.10. The van der Waals surface area contributed by atoms with Crippen molar-refractivity contribution in [3.8, 4) is 5.75 Å². The Labute approximate surface area is 173 Å². The van der Waals surface area contributed by atoms with Gasteiger partial charge in [0.25, 0.3) is 5.91 Å². The van der Waals surface area contributed by atoms with E-state index in [1.165, 1.54) is 0 Å². The Morgan fingerprint density at radius 2 is 1.76 bits per heavy atom. The fourth-order valence-corrected chi connectivity index (χ4v) is 3.46. The Bertz CT molecular complexity index is 1250. The number of amides is 1. The van der Waals surface area contributed by atoms with E-state index < -0.39 is 0 Å². The van der Waals surface area contributed by atoms with Crippen molar-refractivity contribution in [2.24, 2.45) is 0 Å². The molecule has 1 amide bonds. The quantitative estimate of drug-likeness (QED) is 0.482. The van der Waals surface area contributed by atoms with Crippen molar-refractivity contribution in [1.29, 1.82) is 0 Å². The zero-order valence-corrected chi connectivity index (χ0v) is 16.8. The van der Waals surface area contributed by atoms with E-state index in [4.69, 9.17) is 17.0 Å². The number of nitrogens with one attached hydrogen (secondary N) is 2. The zero-order valence-electron chi connectivity index (χ0n) is 16.0. The van der Waals surface area contributed by atoms with Gasteiger partial charge in [0.15, 0.2) is 5.11 Å². The van der Waals surface area contributed by atoms with Crippen molar-refractivity contribution in [2.45, 2.75) is 6.92 Å². The highest BCUT2D eigenvalue weighted by molar-refractivity contribution is 7.80. The van der Waals surface area contributed by atoms with E-state index in [2.05, 4.69) is 15.6 Å². The number of rotatable bonds is 3. The summed E-state index contributed by atoms with van der Waals surface area (Å²) in [7, 11) is 1.54. The number of pyridine rings is 1. The predicted molar refractivity (Wildman–Crippen MR) is 121 cm³/mol. The summed E-state index contributed by atoms with van der Waals surface area (Å²) in [6.45, 7) is 1.95. The van der Waals surface area contributed by atoms with Gasteiger partial charge in [-0.1, -0.05) is 30.3 Å². The summed E-state index contributed by atoms with van der Waals surface area (Å²) in [5, 5.41) is 8.93. The van der Waals surface area contributed by atoms with Crippen LogP contribution in [0, 0.1) is 6.92 Å². The molecule has 6 heteroatoms. The van der Waals surface area contributed by atoms with Crippen LogP contribution in [0.15, 0.2) is 66.7 Å². The van der Waals surface area contributed by atoms with Gasteiger partial charge >= 0.3 is 0 Å². The number of hydrogen-bond acceptors (Lipinski definition) is 4. The van der Waals surface area contributed by atoms with Crippen LogP contribution < -0.4 is 15.4 Å². The summed E-state index contributed by atoms with van der Waals surface area (Å²) in [6.07, 6.45) is 0. The van der Waals surface area contributed by atoms with Gasteiger partial charge in [0.1, 0.15) is 5.75 Å². The minimum atomic E-state index is -0.334. The minimum absolute atomic E-state index is 0.207. The molecule has 0 spiro atoms. The average molecular weight is 401 g/mol. The highest BCUT2D eigenvalue weighted by Crippen LogP contribution is 2.26. The second kappa shape index (κ2) is 7.85. The molecule has 0 aliphatic rings. The molecule has 0 fully saturated rings. The molecule has 0 saturated heterocycles. The van der Waals surface area contributed by atoms with Crippen molar-refractivity contribution < 1.29 is 9.53 Å². The smallest absolute Gasteiger partial charge is 0.261 e. The third-order valence-electron chi connectivity index (χ3n) is 4.66. The van der Waals surface area contributed by atoms with Crippen LogP contribution in [0.1, 0.15) is 16.1 Å². The molecule has 0 saturated carbocycles. The molecule has 0 aliphatic heterocycles. The molecule has 5 nitrogen and oxygen atoms in total. The SMILES string of the molecule is COc1cc2ccccc2cc1C(=O)NC(=S)Nc1cccc2nc(C)ccc12. The highest BCUT2D eigenvalue weighted by Gasteiger charge is 2.15.